The largest absolute Gasteiger partial charge is 0.300 e. The van der Waals surface area contributed by atoms with Crippen LogP contribution in [0, 0.1) is 0 Å². The molecule has 0 aromatic heterocycles. The van der Waals surface area contributed by atoms with Crippen LogP contribution in [-0.2, 0) is 24.1 Å². The van der Waals surface area contributed by atoms with Crippen LogP contribution < -0.4 is 0 Å². The quantitative estimate of drug-likeness (QED) is 0.135. The van der Waals surface area contributed by atoms with E-state index in [1.165, 1.54) is 44.1 Å². The molecule has 0 unspecified atom stereocenters. The molecule has 0 saturated heterocycles. The lowest BCUT2D eigenvalue weighted by Crippen LogP contribution is -2.04. The van der Waals surface area contributed by atoms with Gasteiger partial charge in [-0.2, -0.15) is 10.2 Å². The van der Waals surface area contributed by atoms with Gasteiger partial charge in [0.05, 0.1) is 11.4 Å². The van der Waals surface area contributed by atoms with Gasteiger partial charge in [-0.25, -0.2) is 0 Å². The summed E-state index contributed by atoms with van der Waals surface area (Å²) in [6.07, 6.45) is 9.70. The lowest BCUT2D eigenvalue weighted by molar-refractivity contribution is -0.116. The minimum atomic E-state index is 0.0507. The van der Waals surface area contributed by atoms with Crippen molar-refractivity contribution in [2.75, 3.05) is 0 Å². The molecule has 0 saturated carbocycles. The van der Waals surface area contributed by atoms with Crippen LogP contribution in [0.25, 0.3) is 0 Å². The number of carbonyl (C=O) groups excluding carboxylic acids is 2. The summed E-state index contributed by atoms with van der Waals surface area (Å²) < 4.78 is 0. The minimum Gasteiger partial charge on any atom is -0.300 e. The number of hydrogen-bond donors (Lipinski definition) is 0. The Kier molecular flexibility index (Phi) is 10.6. The van der Waals surface area contributed by atoms with Crippen molar-refractivity contribution >= 4 is 22.9 Å². The number of unbranched alkanes of at least 4 members (excludes halogenated alkanes) is 5. The van der Waals surface area contributed by atoms with Gasteiger partial charge in [0, 0.05) is 18.4 Å². The number of carbonyl (C=O) groups is 2. The maximum Gasteiger partial charge on any atom is 0.167 e. The Bertz CT molecular complexity index is 1100. The monoisotopic (exact) mass is 468 g/mol. The first kappa shape index (κ1) is 26.2. The smallest absolute Gasteiger partial charge is 0.167 e. The van der Waals surface area contributed by atoms with E-state index in [0.717, 1.165) is 28.9 Å². The Balaban J connectivity index is 1.46. The van der Waals surface area contributed by atoms with Crippen LogP contribution >= 0.6 is 0 Å². The van der Waals surface area contributed by atoms with Crippen LogP contribution in [0.4, 0.5) is 11.4 Å². The van der Waals surface area contributed by atoms with Gasteiger partial charge in [-0.15, -0.1) is 0 Å². The highest BCUT2D eigenvalue weighted by Gasteiger charge is 2.08. The third kappa shape index (κ3) is 9.40. The number of nitrogens with zero attached hydrogens (tertiary/aromatic N) is 2. The number of azo groups is 1. The van der Waals surface area contributed by atoms with Gasteiger partial charge in [0.2, 0.25) is 0 Å². The lowest BCUT2D eigenvalue weighted by atomic mass is 10.0. The molecule has 0 aliphatic heterocycles. The van der Waals surface area contributed by atoms with Crippen LogP contribution in [0.3, 0.4) is 0 Å². The maximum absolute atomic E-state index is 12.6. The minimum absolute atomic E-state index is 0.0507. The van der Waals surface area contributed by atoms with E-state index in [0.29, 0.717) is 18.4 Å². The summed E-state index contributed by atoms with van der Waals surface area (Å²) in [5.41, 5.74) is 5.45. The second kappa shape index (κ2) is 14.1. The fourth-order valence-corrected chi connectivity index (χ4v) is 4.02. The van der Waals surface area contributed by atoms with E-state index in [1.54, 1.807) is 19.1 Å². The molecular formula is C31H36N2O2. The molecule has 4 nitrogen and oxygen atoms in total. The molecule has 0 amide bonds. The third-order valence-electron chi connectivity index (χ3n) is 6.07. The van der Waals surface area contributed by atoms with E-state index in [2.05, 4.69) is 29.3 Å². The zero-order valence-electron chi connectivity index (χ0n) is 21.0. The molecule has 182 valence electrons. The highest BCUT2D eigenvalue weighted by Crippen LogP contribution is 2.21. The number of aryl methyl sites for hydroxylation is 1. The van der Waals surface area contributed by atoms with Crippen molar-refractivity contribution in [3.63, 3.8) is 0 Å². The molecule has 3 aromatic carbocycles. The molecule has 0 bridgehead atoms. The average Bonchev–Trinajstić information content (AvgIpc) is 2.86. The Labute approximate surface area is 209 Å². The van der Waals surface area contributed by atoms with Crippen LogP contribution in [0.1, 0.15) is 79.4 Å². The SMILES string of the molecule is CCCCCCCCc1ccc(N=Nc2ccc(CC(=O)c3ccc(CC(C)=O)cc3)cc2)cc1. The Morgan fingerprint density at radius 2 is 1.09 bits per heavy atom. The van der Waals surface area contributed by atoms with Gasteiger partial charge in [-0.3, -0.25) is 9.59 Å². The number of hydrogen-bond acceptors (Lipinski definition) is 4. The summed E-state index contributed by atoms with van der Waals surface area (Å²) in [5, 5.41) is 8.68. The van der Waals surface area contributed by atoms with Crippen molar-refractivity contribution in [2.24, 2.45) is 10.2 Å². The fourth-order valence-electron chi connectivity index (χ4n) is 4.02. The molecule has 35 heavy (non-hydrogen) atoms. The molecule has 0 radical (unpaired) electrons. The molecule has 0 atom stereocenters. The van der Waals surface area contributed by atoms with E-state index in [9.17, 15) is 9.59 Å². The predicted octanol–water partition coefficient (Wildman–Crippen LogP) is 8.56. The topological polar surface area (TPSA) is 58.9 Å². The van der Waals surface area contributed by atoms with E-state index in [4.69, 9.17) is 0 Å². The summed E-state index contributed by atoms with van der Waals surface area (Å²) in [4.78, 5) is 23.8. The van der Waals surface area contributed by atoms with Crippen molar-refractivity contribution in [3.05, 3.63) is 95.1 Å². The molecule has 4 heteroatoms. The lowest BCUT2D eigenvalue weighted by Gasteiger charge is -2.04. The fraction of sp³-hybridized carbons (Fsp3) is 0.355. The normalized spacial score (nSPS) is 11.1. The molecule has 0 aliphatic carbocycles. The van der Waals surface area contributed by atoms with Gasteiger partial charge in [-0.1, -0.05) is 87.6 Å². The van der Waals surface area contributed by atoms with Gasteiger partial charge < -0.3 is 0 Å². The van der Waals surface area contributed by atoms with Crippen LogP contribution in [0.2, 0.25) is 0 Å². The third-order valence-corrected chi connectivity index (χ3v) is 6.07. The van der Waals surface area contributed by atoms with Crippen molar-refractivity contribution < 1.29 is 9.59 Å². The van der Waals surface area contributed by atoms with Crippen LogP contribution in [0.5, 0.6) is 0 Å². The summed E-state index contributed by atoms with van der Waals surface area (Å²) in [7, 11) is 0. The number of benzene rings is 3. The standard InChI is InChI=1S/C31H36N2O2/c1-3-4-5-6-7-8-9-25-12-18-29(19-13-25)32-33-30-20-14-27(15-21-30)23-31(35)28-16-10-26(11-17-28)22-24(2)34/h10-21H,3-9,22-23H2,1-2H3. The van der Waals surface area contributed by atoms with E-state index < -0.39 is 0 Å². The Morgan fingerprint density at radius 1 is 0.600 bits per heavy atom. The summed E-state index contributed by atoms with van der Waals surface area (Å²) in [6.45, 7) is 3.81. The van der Waals surface area contributed by atoms with Gasteiger partial charge in [0.25, 0.3) is 0 Å². The van der Waals surface area contributed by atoms with Crippen molar-refractivity contribution in [1.29, 1.82) is 0 Å². The van der Waals surface area contributed by atoms with Gasteiger partial charge in [-0.05, 0) is 60.7 Å². The number of ketones is 2. The van der Waals surface area contributed by atoms with Crippen LogP contribution in [0.15, 0.2) is 83.0 Å². The molecule has 0 heterocycles. The van der Waals surface area contributed by atoms with Crippen molar-refractivity contribution in [1.82, 2.24) is 0 Å². The first-order valence-electron chi connectivity index (χ1n) is 12.7. The zero-order valence-corrected chi connectivity index (χ0v) is 21.0. The van der Waals surface area contributed by atoms with Crippen LogP contribution in [-0.4, -0.2) is 11.6 Å². The molecule has 3 aromatic rings. The molecule has 0 fully saturated rings. The molecule has 0 N–H and O–H groups in total. The van der Waals surface area contributed by atoms with Crippen molar-refractivity contribution in [3.8, 4) is 0 Å². The second-order valence-electron chi connectivity index (χ2n) is 9.23. The maximum atomic E-state index is 12.6. The zero-order chi connectivity index (χ0) is 24.9. The molecular weight excluding hydrogens is 432 g/mol. The highest BCUT2D eigenvalue weighted by molar-refractivity contribution is 5.97. The molecule has 0 aliphatic rings. The van der Waals surface area contributed by atoms with E-state index >= 15 is 0 Å². The van der Waals surface area contributed by atoms with Gasteiger partial charge in [0.1, 0.15) is 5.78 Å². The summed E-state index contributed by atoms with van der Waals surface area (Å²) >= 11 is 0. The summed E-state index contributed by atoms with van der Waals surface area (Å²) in [6, 6.07) is 23.2. The van der Waals surface area contributed by atoms with E-state index in [1.807, 2.05) is 48.5 Å². The first-order chi connectivity index (χ1) is 17.0. The predicted molar refractivity (Wildman–Crippen MR) is 143 cm³/mol. The molecule has 3 rings (SSSR count). The number of rotatable bonds is 14. The Morgan fingerprint density at radius 3 is 1.66 bits per heavy atom. The van der Waals surface area contributed by atoms with Gasteiger partial charge in [0.15, 0.2) is 5.78 Å². The number of Topliss-reactive ketones (excluding diaryl/α,β-unsaturated/α-hetero) is 2. The highest BCUT2D eigenvalue weighted by atomic mass is 16.1. The van der Waals surface area contributed by atoms with Gasteiger partial charge >= 0.3 is 0 Å². The van der Waals surface area contributed by atoms with Crippen molar-refractivity contribution in [2.45, 2.75) is 71.6 Å². The second-order valence-corrected chi connectivity index (χ2v) is 9.23. The first-order valence-corrected chi connectivity index (χ1v) is 12.7. The molecule has 0 spiro atoms. The average molecular weight is 469 g/mol. The summed E-state index contributed by atoms with van der Waals surface area (Å²) in [5.74, 6) is 0.164. The Hall–Kier alpha value is -3.40. The van der Waals surface area contributed by atoms with E-state index in [-0.39, 0.29) is 11.6 Å².